The highest BCUT2D eigenvalue weighted by Gasteiger charge is 2.51. The second-order valence-electron chi connectivity index (χ2n) is 5.48. The SMILES string of the molecule is CC(NC(=O)C1(c2cccc(Cl)c2)CC1)C(C)C(=O)O. The molecule has 2 unspecified atom stereocenters. The molecular weight excluding hydrogens is 278 g/mol. The first kappa shape index (κ1) is 14.9. The smallest absolute Gasteiger partial charge is 0.308 e. The highest BCUT2D eigenvalue weighted by atomic mass is 35.5. The molecule has 1 aromatic carbocycles. The van der Waals surface area contributed by atoms with Gasteiger partial charge in [0.1, 0.15) is 0 Å². The molecule has 108 valence electrons. The van der Waals surface area contributed by atoms with Gasteiger partial charge < -0.3 is 10.4 Å². The highest BCUT2D eigenvalue weighted by Crippen LogP contribution is 2.49. The van der Waals surface area contributed by atoms with Gasteiger partial charge >= 0.3 is 5.97 Å². The molecule has 2 rings (SSSR count). The Morgan fingerprint density at radius 1 is 1.35 bits per heavy atom. The van der Waals surface area contributed by atoms with Gasteiger partial charge in [-0.2, -0.15) is 0 Å². The van der Waals surface area contributed by atoms with Gasteiger partial charge in [-0.05, 0) is 44.4 Å². The van der Waals surface area contributed by atoms with E-state index in [2.05, 4.69) is 5.32 Å². The Labute approximate surface area is 123 Å². The Morgan fingerprint density at radius 3 is 2.50 bits per heavy atom. The maximum atomic E-state index is 12.4. The number of nitrogens with one attached hydrogen (secondary N) is 1. The Balaban J connectivity index is 2.11. The van der Waals surface area contributed by atoms with E-state index in [1.54, 1.807) is 26.0 Å². The molecule has 0 heterocycles. The Kier molecular flexibility index (Phi) is 4.04. The number of hydrogen-bond acceptors (Lipinski definition) is 2. The Morgan fingerprint density at radius 2 is 2.00 bits per heavy atom. The van der Waals surface area contributed by atoms with Crippen LogP contribution in [-0.2, 0) is 15.0 Å². The van der Waals surface area contributed by atoms with E-state index in [0.29, 0.717) is 5.02 Å². The van der Waals surface area contributed by atoms with Crippen molar-refractivity contribution < 1.29 is 14.7 Å². The molecule has 1 fully saturated rings. The molecule has 0 saturated heterocycles. The lowest BCUT2D eigenvalue weighted by molar-refractivity contribution is -0.142. The molecule has 0 radical (unpaired) electrons. The summed E-state index contributed by atoms with van der Waals surface area (Å²) >= 11 is 5.97. The monoisotopic (exact) mass is 295 g/mol. The van der Waals surface area contributed by atoms with Gasteiger partial charge in [0, 0.05) is 11.1 Å². The van der Waals surface area contributed by atoms with Crippen LogP contribution in [0.1, 0.15) is 32.3 Å². The van der Waals surface area contributed by atoms with Gasteiger partial charge in [0.15, 0.2) is 0 Å². The number of rotatable bonds is 5. The van der Waals surface area contributed by atoms with Crippen LogP contribution in [0.4, 0.5) is 0 Å². The van der Waals surface area contributed by atoms with E-state index in [9.17, 15) is 9.59 Å². The zero-order valence-electron chi connectivity index (χ0n) is 11.5. The van der Waals surface area contributed by atoms with Crippen molar-refractivity contribution in [3.8, 4) is 0 Å². The molecular formula is C15H18ClNO3. The normalized spacial score (nSPS) is 18.9. The van der Waals surface area contributed by atoms with Crippen molar-refractivity contribution in [3.05, 3.63) is 34.9 Å². The lowest BCUT2D eigenvalue weighted by Gasteiger charge is -2.22. The van der Waals surface area contributed by atoms with Gasteiger partial charge in [0.2, 0.25) is 5.91 Å². The van der Waals surface area contributed by atoms with Crippen LogP contribution in [0, 0.1) is 5.92 Å². The molecule has 0 aliphatic heterocycles. The van der Waals surface area contributed by atoms with Gasteiger partial charge in [-0.3, -0.25) is 9.59 Å². The average molecular weight is 296 g/mol. The number of carboxylic acid groups (broad SMARTS) is 1. The zero-order chi connectivity index (χ0) is 14.9. The standard InChI is InChI=1S/C15H18ClNO3/c1-9(13(18)19)10(2)17-14(20)15(6-7-15)11-4-3-5-12(16)8-11/h3-5,8-10H,6-7H2,1-2H3,(H,17,20)(H,18,19). The van der Waals surface area contributed by atoms with E-state index in [0.717, 1.165) is 18.4 Å². The van der Waals surface area contributed by atoms with Crippen molar-refractivity contribution in [1.29, 1.82) is 0 Å². The summed E-state index contributed by atoms with van der Waals surface area (Å²) in [5.74, 6) is -1.64. The summed E-state index contributed by atoms with van der Waals surface area (Å²) in [6, 6.07) is 6.89. The molecule has 0 bridgehead atoms. The molecule has 2 N–H and O–H groups in total. The Hall–Kier alpha value is -1.55. The number of amides is 1. The fourth-order valence-electron chi connectivity index (χ4n) is 2.24. The van der Waals surface area contributed by atoms with E-state index in [1.807, 2.05) is 12.1 Å². The fourth-order valence-corrected chi connectivity index (χ4v) is 2.43. The number of benzene rings is 1. The topological polar surface area (TPSA) is 66.4 Å². The van der Waals surface area contributed by atoms with Crippen LogP contribution in [0.2, 0.25) is 5.02 Å². The molecule has 1 aliphatic carbocycles. The number of carbonyl (C=O) groups excluding carboxylic acids is 1. The highest BCUT2D eigenvalue weighted by molar-refractivity contribution is 6.30. The minimum Gasteiger partial charge on any atom is -0.481 e. The summed E-state index contributed by atoms with van der Waals surface area (Å²) in [6.45, 7) is 3.30. The zero-order valence-corrected chi connectivity index (χ0v) is 12.3. The fraction of sp³-hybridized carbons (Fsp3) is 0.467. The second-order valence-corrected chi connectivity index (χ2v) is 5.92. The number of carbonyl (C=O) groups is 2. The summed E-state index contributed by atoms with van der Waals surface area (Å²) in [6.07, 6.45) is 1.54. The maximum absolute atomic E-state index is 12.4. The third-order valence-electron chi connectivity index (χ3n) is 4.06. The van der Waals surface area contributed by atoms with Crippen molar-refractivity contribution in [3.63, 3.8) is 0 Å². The first-order valence-electron chi connectivity index (χ1n) is 6.66. The molecule has 1 aromatic rings. The lowest BCUT2D eigenvalue weighted by Crippen LogP contribution is -2.44. The number of aliphatic carboxylic acids is 1. The van der Waals surface area contributed by atoms with Crippen LogP contribution in [-0.4, -0.2) is 23.0 Å². The molecule has 1 amide bonds. The molecule has 2 atom stereocenters. The summed E-state index contributed by atoms with van der Waals surface area (Å²) < 4.78 is 0. The lowest BCUT2D eigenvalue weighted by atomic mass is 9.93. The Bertz CT molecular complexity index is 540. The first-order chi connectivity index (χ1) is 9.36. The van der Waals surface area contributed by atoms with Crippen LogP contribution < -0.4 is 5.32 Å². The van der Waals surface area contributed by atoms with E-state index in [4.69, 9.17) is 16.7 Å². The number of halogens is 1. The summed E-state index contributed by atoms with van der Waals surface area (Å²) in [4.78, 5) is 23.4. The molecule has 20 heavy (non-hydrogen) atoms. The van der Waals surface area contributed by atoms with E-state index in [1.165, 1.54) is 0 Å². The minimum atomic E-state index is -0.912. The van der Waals surface area contributed by atoms with E-state index in [-0.39, 0.29) is 5.91 Å². The third-order valence-corrected chi connectivity index (χ3v) is 4.30. The van der Waals surface area contributed by atoms with E-state index >= 15 is 0 Å². The molecule has 1 aliphatic rings. The van der Waals surface area contributed by atoms with Gasteiger partial charge in [-0.15, -0.1) is 0 Å². The predicted molar refractivity (Wildman–Crippen MR) is 76.8 cm³/mol. The van der Waals surface area contributed by atoms with Gasteiger partial charge in [0.05, 0.1) is 11.3 Å². The van der Waals surface area contributed by atoms with Crippen LogP contribution >= 0.6 is 11.6 Å². The van der Waals surface area contributed by atoms with Crippen molar-refractivity contribution >= 4 is 23.5 Å². The van der Waals surface area contributed by atoms with Crippen LogP contribution in [0.5, 0.6) is 0 Å². The first-order valence-corrected chi connectivity index (χ1v) is 7.04. The molecule has 0 spiro atoms. The predicted octanol–water partition coefficient (Wildman–Crippen LogP) is 2.60. The number of carboxylic acids is 1. The summed E-state index contributed by atoms with van der Waals surface area (Å²) in [7, 11) is 0. The molecule has 5 heteroatoms. The van der Waals surface area contributed by atoms with Gasteiger partial charge in [-0.25, -0.2) is 0 Å². The van der Waals surface area contributed by atoms with Crippen molar-refractivity contribution in [2.24, 2.45) is 5.92 Å². The number of hydrogen-bond donors (Lipinski definition) is 2. The van der Waals surface area contributed by atoms with Gasteiger partial charge in [-0.1, -0.05) is 23.7 Å². The second kappa shape index (κ2) is 5.44. The van der Waals surface area contributed by atoms with Crippen molar-refractivity contribution in [2.75, 3.05) is 0 Å². The molecule has 1 saturated carbocycles. The largest absolute Gasteiger partial charge is 0.481 e. The van der Waals surface area contributed by atoms with E-state index < -0.39 is 23.3 Å². The van der Waals surface area contributed by atoms with Crippen molar-refractivity contribution in [2.45, 2.75) is 38.1 Å². The van der Waals surface area contributed by atoms with Gasteiger partial charge in [0.25, 0.3) is 0 Å². The van der Waals surface area contributed by atoms with Crippen molar-refractivity contribution in [1.82, 2.24) is 5.32 Å². The molecule has 4 nitrogen and oxygen atoms in total. The quantitative estimate of drug-likeness (QED) is 0.877. The summed E-state index contributed by atoms with van der Waals surface area (Å²) in [5, 5.41) is 12.4. The summed E-state index contributed by atoms with van der Waals surface area (Å²) in [5.41, 5.74) is 0.370. The van der Waals surface area contributed by atoms with Crippen LogP contribution in [0.3, 0.4) is 0 Å². The third kappa shape index (κ3) is 2.80. The van der Waals surface area contributed by atoms with Crippen LogP contribution in [0.15, 0.2) is 24.3 Å². The maximum Gasteiger partial charge on any atom is 0.308 e. The average Bonchev–Trinajstić information content (AvgIpc) is 3.19. The minimum absolute atomic E-state index is 0.111. The van der Waals surface area contributed by atoms with Crippen LogP contribution in [0.25, 0.3) is 0 Å². The molecule has 0 aromatic heterocycles.